The quantitative estimate of drug-likeness (QED) is 0.478. The van der Waals surface area contributed by atoms with Crippen LogP contribution in [-0.4, -0.2) is 24.9 Å². The van der Waals surface area contributed by atoms with E-state index in [1.165, 1.54) is 0 Å². The Morgan fingerprint density at radius 1 is 1.24 bits per heavy atom. The van der Waals surface area contributed by atoms with Gasteiger partial charge in [-0.1, -0.05) is 37.6 Å². The van der Waals surface area contributed by atoms with Gasteiger partial charge in [0.15, 0.2) is 23.9 Å². The molecule has 1 heterocycles. The number of nitrogens with zero attached hydrogens (tertiary/aromatic N) is 1. The molecule has 1 amide bonds. The Bertz CT molecular complexity index is 1400. The van der Waals surface area contributed by atoms with E-state index in [9.17, 15) is 14.9 Å². The number of anilines is 1. The summed E-state index contributed by atoms with van der Waals surface area (Å²) in [5.41, 5.74) is 8.47. The van der Waals surface area contributed by atoms with Crippen LogP contribution < -0.4 is 20.5 Å². The lowest BCUT2D eigenvalue weighted by Crippen LogP contribution is -2.33. The zero-order chi connectivity index (χ0) is 27.6. The summed E-state index contributed by atoms with van der Waals surface area (Å²) in [7, 11) is 0. The lowest BCUT2D eigenvalue weighted by molar-refractivity contribution is -0.119. The Labute approximate surface area is 227 Å². The van der Waals surface area contributed by atoms with Gasteiger partial charge in [0, 0.05) is 29.1 Å². The molecule has 9 heteroatoms. The first-order valence-electron chi connectivity index (χ1n) is 12.3. The number of carbonyl (C=O) groups excluding carboxylic acids is 2. The van der Waals surface area contributed by atoms with Crippen LogP contribution in [0, 0.1) is 23.7 Å². The Hall–Kier alpha value is -3.96. The van der Waals surface area contributed by atoms with Gasteiger partial charge in [0.2, 0.25) is 5.88 Å². The van der Waals surface area contributed by atoms with Gasteiger partial charge in [-0.3, -0.25) is 9.59 Å². The number of benzene rings is 2. The van der Waals surface area contributed by atoms with E-state index in [0.717, 1.165) is 5.56 Å². The van der Waals surface area contributed by atoms with Gasteiger partial charge in [-0.05, 0) is 54.7 Å². The van der Waals surface area contributed by atoms with Crippen molar-refractivity contribution in [3.63, 3.8) is 0 Å². The fourth-order valence-corrected chi connectivity index (χ4v) is 4.96. The molecule has 0 spiro atoms. The van der Waals surface area contributed by atoms with Crippen LogP contribution in [0.15, 0.2) is 59.2 Å². The first-order valence-corrected chi connectivity index (χ1v) is 12.7. The number of nitrogens with one attached hydrogen (secondary N) is 1. The second-order valence-electron chi connectivity index (χ2n) is 10.1. The Morgan fingerprint density at radius 3 is 2.71 bits per heavy atom. The third-order valence-corrected chi connectivity index (χ3v) is 6.99. The van der Waals surface area contributed by atoms with Crippen LogP contribution in [0.5, 0.6) is 11.5 Å². The Balaban J connectivity index is 1.62. The predicted octanol–water partition coefficient (Wildman–Crippen LogP) is 5.52. The molecule has 38 heavy (non-hydrogen) atoms. The summed E-state index contributed by atoms with van der Waals surface area (Å²) in [6.07, 6.45) is 0.871. The molecular weight excluding hydrogens is 506 g/mol. The number of Topliss-reactive ketones (excluding diaryl/α,β-unsaturated/α-hetero) is 1. The molecule has 1 unspecified atom stereocenters. The minimum absolute atomic E-state index is 0.00647. The van der Waals surface area contributed by atoms with E-state index in [1.807, 2.05) is 27.7 Å². The van der Waals surface area contributed by atoms with Gasteiger partial charge in [0.05, 0.1) is 12.5 Å². The topological polar surface area (TPSA) is 124 Å². The summed E-state index contributed by atoms with van der Waals surface area (Å²) in [4.78, 5) is 25.8. The highest BCUT2D eigenvalue weighted by atomic mass is 35.5. The fraction of sp³-hybridized carbons (Fsp3) is 0.345. The van der Waals surface area contributed by atoms with Gasteiger partial charge < -0.3 is 25.3 Å². The summed E-state index contributed by atoms with van der Waals surface area (Å²) in [6.45, 7) is 7.71. The smallest absolute Gasteiger partial charge is 0.262 e. The van der Waals surface area contributed by atoms with Crippen LogP contribution in [0.3, 0.4) is 0 Å². The van der Waals surface area contributed by atoms with E-state index in [0.29, 0.717) is 58.6 Å². The molecule has 8 nitrogen and oxygen atoms in total. The Kier molecular flexibility index (Phi) is 7.70. The maximum absolute atomic E-state index is 13.2. The Morgan fingerprint density at radius 2 is 2.00 bits per heavy atom. The van der Waals surface area contributed by atoms with Crippen molar-refractivity contribution in [3.05, 3.63) is 75.3 Å². The van der Waals surface area contributed by atoms with Crippen molar-refractivity contribution < 1.29 is 23.8 Å². The highest BCUT2D eigenvalue weighted by Gasteiger charge is 2.43. The summed E-state index contributed by atoms with van der Waals surface area (Å²) in [5, 5.41) is 13.2. The first kappa shape index (κ1) is 27.1. The minimum atomic E-state index is -0.685. The van der Waals surface area contributed by atoms with Crippen LogP contribution in [0.25, 0.3) is 0 Å². The number of ketones is 1. The number of nitriles is 1. The van der Waals surface area contributed by atoms with E-state index in [2.05, 4.69) is 11.4 Å². The van der Waals surface area contributed by atoms with E-state index < -0.39 is 5.92 Å². The molecule has 2 aromatic carbocycles. The lowest BCUT2D eigenvalue weighted by Gasteiger charge is -2.37. The number of hydrogen-bond acceptors (Lipinski definition) is 7. The number of carbonyl (C=O) groups is 2. The van der Waals surface area contributed by atoms with Crippen molar-refractivity contribution in [1.29, 1.82) is 5.26 Å². The van der Waals surface area contributed by atoms with Gasteiger partial charge in [0.25, 0.3) is 5.91 Å². The number of nitrogens with two attached hydrogens (primary N) is 1. The van der Waals surface area contributed by atoms with Crippen LogP contribution in [0.1, 0.15) is 50.7 Å². The SMILES string of the molecule is CCOc1cc(C2C(C#N)=C(N)OC3=C2C(=O)CC(C)(C)C3)ccc1OCC(=O)Nc1cccc(Cl)c1C. The number of ether oxygens (including phenoxy) is 3. The fourth-order valence-electron chi connectivity index (χ4n) is 4.78. The monoisotopic (exact) mass is 535 g/mol. The normalized spacial score (nSPS) is 18.3. The molecule has 1 atom stereocenters. The third-order valence-electron chi connectivity index (χ3n) is 6.58. The average molecular weight is 536 g/mol. The van der Waals surface area contributed by atoms with Gasteiger partial charge in [-0.25, -0.2) is 0 Å². The number of allylic oxidation sites excluding steroid dienone is 3. The number of hydrogen-bond donors (Lipinski definition) is 2. The van der Waals surface area contributed by atoms with E-state index in [-0.39, 0.29) is 35.2 Å². The molecule has 2 aromatic rings. The second-order valence-corrected chi connectivity index (χ2v) is 10.5. The second kappa shape index (κ2) is 10.8. The van der Waals surface area contributed by atoms with Crippen molar-refractivity contribution in [2.24, 2.45) is 11.1 Å². The zero-order valence-corrected chi connectivity index (χ0v) is 22.6. The molecule has 0 bridgehead atoms. The van der Waals surface area contributed by atoms with Crippen molar-refractivity contribution in [3.8, 4) is 17.6 Å². The summed E-state index contributed by atoms with van der Waals surface area (Å²) in [6, 6.07) is 12.5. The molecule has 0 saturated carbocycles. The zero-order valence-electron chi connectivity index (χ0n) is 21.8. The molecule has 2 aliphatic rings. The predicted molar refractivity (Wildman–Crippen MR) is 144 cm³/mol. The molecule has 0 aromatic heterocycles. The molecule has 0 saturated heterocycles. The van der Waals surface area contributed by atoms with Gasteiger partial charge in [0.1, 0.15) is 17.4 Å². The molecule has 0 fully saturated rings. The van der Waals surface area contributed by atoms with E-state index in [4.69, 9.17) is 31.5 Å². The summed E-state index contributed by atoms with van der Waals surface area (Å²) < 4.78 is 17.4. The highest BCUT2D eigenvalue weighted by Crippen LogP contribution is 2.48. The molecule has 3 N–H and O–H groups in total. The molecule has 4 rings (SSSR count). The molecule has 198 valence electrons. The van der Waals surface area contributed by atoms with Crippen molar-refractivity contribution in [2.45, 2.75) is 46.5 Å². The summed E-state index contributed by atoms with van der Waals surface area (Å²) in [5.74, 6) is 0.0970. The van der Waals surface area contributed by atoms with Crippen molar-refractivity contribution >= 4 is 29.0 Å². The average Bonchev–Trinajstić information content (AvgIpc) is 2.84. The summed E-state index contributed by atoms with van der Waals surface area (Å²) >= 11 is 6.14. The molecule has 1 aliphatic carbocycles. The van der Waals surface area contributed by atoms with Crippen molar-refractivity contribution in [1.82, 2.24) is 0 Å². The highest BCUT2D eigenvalue weighted by molar-refractivity contribution is 6.31. The number of halogens is 1. The maximum atomic E-state index is 13.2. The lowest BCUT2D eigenvalue weighted by atomic mass is 9.70. The number of amides is 1. The molecular formula is C29H30ClN3O5. The van der Waals surface area contributed by atoms with E-state index in [1.54, 1.807) is 36.4 Å². The van der Waals surface area contributed by atoms with Gasteiger partial charge in [-0.15, -0.1) is 0 Å². The van der Waals surface area contributed by atoms with Crippen molar-refractivity contribution in [2.75, 3.05) is 18.5 Å². The van der Waals surface area contributed by atoms with Crippen LogP contribution in [-0.2, 0) is 14.3 Å². The third kappa shape index (κ3) is 5.48. The van der Waals surface area contributed by atoms with Gasteiger partial charge >= 0.3 is 0 Å². The van der Waals surface area contributed by atoms with Crippen LogP contribution in [0.4, 0.5) is 5.69 Å². The molecule has 1 aliphatic heterocycles. The van der Waals surface area contributed by atoms with E-state index >= 15 is 0 Å². The standard InChI is InChI=1S/C29H30ClN3O5/c1-5-36-23-11-17(9-10-22(23)37-15-25(35)33-20-8-6-7-19(30)16(20)2)26-18(14-31)28(32)38-24-13-29(3,4)12-21(34)27(24)26/h6-11,26H,5,12-13,15,32H2,1-4H3,(H,33,35). The van der Waals surface area contributed by atoms with Crippen LogP contribution >= 0.6 is 11.6 Å². The number of rotatable bonds is 7. The minimum Gasteiger partial charge on any atom is -0.490 e. The largest absolute Gasteiger partial charge is 0.490 e. The maximum Gasteiger partial charge on any atom is 0.262 e. The first-order chi connectivity index (χ1) is 18.0. The molecule has 0 radical (unpaired) electrons. The van der Waals surface area contributed by atoms with Gasteiger partial charge in [-0.2, -0.15) is 5.26 Å². The van der Waals surface area contributed by atoms with Crippen LogP contribution in [0.2, 0.25) is 5.02 Å².